The topological polar surface area (TPSA) is 171 Å². The van der Waals surface area contributed by atoms with E-state index < -0.39 is 33.9 Å². The van der Waals surface area contributed by atoms with E-state index in [0.717, 1.165) is 24.3 Å². The number of rotatable bonds is 6. The Balaban J connectivity index is 0.00000119. The van der Waals surface area contributed by atoms with Crippen molar-refractivity contribution in [1.82, 2.24) is 4.90 Å². The third-order valence-corrected chi connectivity index (χ3v) is 3.20. The summed E-state index contributed by atoms with van der Waals surface area (Å²) in [5, 5.41) is 38.8. The summed E-state index contributed by atoms with van der Waals surface area (Å²) < 4.78 is 0. The number of aromatic hydroxyl groups is 2. The summed E-state index contributed by atoms with van der Waals surface area (Å²) >= 11 is 0. The first-order valence-electron chi connectivity index (χ1n) is 7.66. The highest BCUT2D eigenvalue weighted by atomic mass is 16.6. The van der Waals surface area contributed by atoms with Crippen LogP contribution in [0.4, 0.5) is 5.69 Å². The van der Waals surface area contributed by atoms with Gasteiger partial charge in [-0.1, -0.05) is 6.58 Å². The monoisotopic (exact) mass is 376 g/mol. The van der Waals surface area contributed by atoms with Gasteiger partial charge in [0.1, 0.15) is 11.6 Å². The fraction of sp³-hybridized carbons (Fsp3) is 0.235. The molecule has 0 spiro atoms. The van der Waals surface area contributed by atoms with Crippen LogP contribution in [0, 0.1) is 21.4 Å². The van der Waals surface area contributed by atoms with Gasteiger partial charge in [0.2, 0.25) is 11.7 Å². The molecule has 4 N–H and O–H groups in total. The van der Waals surface area contributed by atoms with Crippen LogP contribution in [0.25, 0.3) is 6.08 Å². The fourth-order valence-electron chi connectivity index (χ4n) is 1.84. The summed E-state index contributed by atoms with van der Waals surface area (Å²) in [6.07, 6.45) is 2.19. The molecular formula is C17H20N4O6. The van der Waals surface area contributed by atoms with Crippen molar-refractivity contribution in [1.29, 1.82) is 5.26 Å². The molecule has 0 aromatic heterocycles. The number of likely N-dealkylation sites (N-methyl/N-ethyl adjacent to an activating group) is 1. The first-order valence-corrected chi connectivity index (χ1v) is 7.66. The predicted molar refractivity (Wildman–Crippen MR) is 97.3 cm³/mol. The van der Waals surface area contributed by atoms with Crippen LogP contribution in [0.3, 0.4) is 0 Å². The summed E-state index contributed by atoms with van der Waals surface area (Å²) in [5.74, 6) is -2.56. The molecule has 0 aliphatic carbocycles. The van der Waals surface area contributed by atoms with Crippen LogP contribution in [-0.2, 0) is 9.59 Å². The Morgan fingerprint density at radius 2 is 1.89 bits per heavy atom. The highest BCUT2D eigenvalue weighted by Gasteiger charge is 2.20. The molecule has 0 radical (unpaired) electrons. The minimum absolute atomic E-state index is 0.0686. The quantitative estimate of drug-likeness (QED) is 0.221. The van der Waals surface area contributed by atoms with E-state index in [2.05, 4.69) is 12.3 Å². The van der Waals surface area contributed by atoms with Gasteiger partial charge in [-0.05, 0) is 37.6 Å². The number of hydrogen-bond donors (Lipinski definition) is 3. The molecule has 10 heteroatoms. The Hall–Kier alpha value is -3.87. The van der Waals surface area contributed by atoms with Crippen molar-refractivity contribution in [2.45, 2.75) is 13.8 Å². The minimum atomic E-state index is -0.870. The molecule has 0 aliphatic rings. The number of carbonyl (C=O) groups excluding carboxylic acids is 2. The molecule has 10 nitrogen and oxygen atoms in total. The van der Waals surface area contributed by atoms with E-state index in [1.165, 1.54) is 4.90 Å². The van der Waals surface area contributed by atoms with Crippen molar-refractivity contribution in [2.75, 3.05) is 13.1 Å². The van der Waals surface area contributed by atoms with Crippen LogP contribution >= 0.6 is 0 Å². The van der Waals surface area contributed by atoms with Crippen LogP contribution in [-0.4, -0.2) is 44.9 Å². The zero-order chi connectivity index (χ0) is 21.1. The third-order valence-electron chi connectivity index (χ3n) is 3.20. The van der Waals surface area contributed by atoms with E-state index in [1.807, 2.05) is 0 Å². The minimum Gasteiger partial charge on any atom is -0.504 e. The van der Waals surface area contributed by atoms with Gasteiger partial charge in [0.05, 0.1) is 4.92 Å². The Labute approximate surface area is 155 Å². The van der Waals surface area contributed by atoms with Crippen LogP contribution in [0.5, 0.6) is 11.5 Å². The van der Waals surface area contributed by atoms with Gasteiger partial charge in [0.25, 0.3) is 5.91 Å². The maximum absolute atomic E-state index is 12.1. The van der Waals surface area contributed by atoms with Crippen LogP contribution in [0.15, 0.2) is 30.4 Å². The number of carbonyl (C=O) groups is 2. The number of amides is 2. The van der Waals surface area contributed by atoms with Crippen molar-refractivity contribution in [3.05, 3.63) is 46.0 Å². The number of nitro groups is 1. The number of hydrogen-bond acceptors (Lipinski definition) is 7. The maximum atomic E-state index is 12.1. The van der Waals surface area contributed by atoms with Crippen LogP contribution in [0.2, 0.25) is 0 Å². The fourth-order valence-corrected chi connectivity index (χ4v) is 1.84. The average molecular weight is 376 g/mol. The van der Waals surface area contributed by atoms with E-state index in [9.17, 15) is 29.9 Å². The Bertz CT molecular complexity index is 806. The molecule has 0 heterocycles. The molecule has 27 heavy (non-hydrogen) atoms. The molecule has 0 aliphatic heterocycles. The molecular weight excluding hydrogens is 356 g/mol. The van der Waals surface area contributed by atoms with E-state index in [4.69, 9.17) is 5.26 Å². The Morgan fingerprint density at radius 3 is 2.26 bits per heavy atom. The lowest BCUT2D eigenvalue weighted by molar-refractivity contribution is -0.386. The SMILES string of the molecule is C=CC(N)=O.CCN(CC)C(=O)/C(C#N)=C/c1cc(O)c(O)c([N+](=O)[O-])c1. The van der Waals surface area contributed by atoms with Crippen molar-refractivity contribution in [3.63, 3.8) is 0 Å². The van der Waals surface area contributed by atoms with Crippen molar-refractivity contribution in [3.8, 4) is 17.6 Å². The van der Waals surface area contributed by atoms with E-state index in [-0.39, 0.29) is 11.1 Å². The predicted octanol–water partition coefficient (Wildman–Crippen LogP) is 1.44. The number of phenols is 2. The molecule has 2 amide bonds. The maximum Gasteiger partial charge on any atom is 0.315 e. The normalized spacial score (nSPS) is 10.0. The molecule has 1 aromatic carbocycles. The lowest BCUT2D eigenvalue weighted by Gasteiger charge is -2.17. The van der Waals surface area contributed by atoms with Gasteiger partial charge in [-0.2, -0.15) is 5.26 Å². The molecule has 1 aromatic rings. The van der Waals surface area contributed by atoms with Gasteiger partial charge < -0.3 is 20.8 Å². The van der Waals surface area contributed by atoms with Crippen molar-refractivity contribution >= 4 is 23.6 Å². The zero-order valence-corrected chi connectivity index (χ0v) is 14.9. The second kappa shape index (κ2) is 10.9. The van der Waals surface area contributed by atoms with Gasteiger partial charge in [-0.25, -0.2) is 0 Å². The number of nitrogens with two attached hydrogens (primary N) is 1. The van der Waals surface area contributed by atoms with Gasteiger partial charge in [-0.15, -0.1) is 0 Å². The number of primary amides is 1. The summed E-state index contributed by atoms with van der Waals surface area (Å²) in [7, 11) is 0. The van der Waals surface area contributed by atoms with E-state index >= 15 is 0 Å². The Kier molecular flexibility index (Phi) is 9.32. The highest BCUT2D eigenvalue weighted by molar-refractivity contribution is 6.01. The average Bonchev–Trinajstić information content (AvgIpc) is 2.63. The van der Waals surface area contributed by atoms with Crippen LogP contribution in [0.1, 0.15) is 19.4 Å². The molecule has 144 valence electrons. The summed E-state index contributed by atoms with van der Waals surface area (Å²) in [6.45, 7) is 7.42. The summed E-state index contributed by atoms with van der Waals surface area (Å²) in [5.41, 5.74) is 3.67. The van der Waals surface area contributed by atoms with Crippen molar-refractivity contribution < 1.29 is 24.7 Å². The smallest absolute Gasteiger partial charge is 0.315 e. The van der Waals surface area contributed by atoms with Gasteiger partial charge >= 0.3 is 5.69 Å². The standard InChI is InChI=1S/C14H15N3O5.C3H5NO/c1-3-16(4-2)14(20)10(8-15)5-9-6-11(17(21)22)13(19)12(18)7-9;1-2-3(4)5/h5-7,18-19H,3-4H2,1-2H3;2H,1H2,(H2,4,5)/b10-5+;. The number of benzene rings is 1. The van der Waals surface area contributed by atoms with Gasteiger partial charge in [-0.3, -0.25) is 19.7 Å². The molecule has 0 fully saturated rings. The van der Waals surface area contributed by atoms with Crippen LogP contribution < -0.4 is 5.73 Å². The number of nitrogens with zero attached hydrogens (tertiary/aromatic N) is 3. The number of nitriles is 1. The highest BCUT2D eigenvalue weighted by Crippen LogP contribution is 2.36. The number of phenolic OH excluding ortho intramolecular Hbond substituents is 2. The summed E-state index contributed by atoms with van der Waals surface area (Å²) in [4.78, 5) is 32.9. The van der Waals surface area contributed by atoms with E-state index in [0.29, 0.717) is 13.1 Å². The van der Waals surface area contributed by atoms with Gasteiger partial charge in [0, 0.05) is 19.2 Å². The molecule has 1 rings (SSSR count). The van der Waals surface area contributed by atoms with Gasteiger partial charge in [0.15, 0.2) is 5.75 Å². The molecule has 0 bridgehead atoms. The first kappa shape index (κ1) is 23.1. The lowest BCUT2D eigenvalue weighted by atomic mass is 10.1. The molecule has 0 saturated carbocycles. The number of nitro benzene ring substituents is 1. The van der Waals surface area contributed by atoms with Crippen molar-refractivity contribution in [2.24, 2.45) is 5.73 Å². The first-order chi connectivity index (χ1) is 12.6. The Morgan fingerprint density at radius 1 is 1.37 bits per heavy atom. The largest absolute Gasteiger partial charge is 0.504 e. The summed E-state index contributed by atoms with van der Waals surface area (Å²) in [6, 6.07) is 3.75. The molecule has 0 saturated heterocycles. The second-order valence-corrected chi connectivity index (χ2v) is 4.92. The van der Waals surface area contributed by atoms with E-state index in [1.54, 1.807) is 19.9 Å². The zero-order valence-electron chi connectivity index (χ0n) is 14.9. The molecule has 0 unspecified atom stereocenters. The third kappa shape index (κ3) is 6.87. The lowest BCUT2D eigenvalue weighted by Crippen LogP contribution is -2.31. The second-order valence-electron chi connectivity index (χ2n) is 4.92. The molecule has 0 atom stereocenters.